The number of hydrogen-bond donors (Lipinski definition) is 1. The van der Waals surface area contributed by atoms with Crippen LogP contribution in [-0.2, 0) is 9.53 Å². The normalized spacial score (nSPS) is 23.6. The average Bonchev–Trinajstić information content (AvgIpc) is 2.37. The molecule has 0 aliphatic carbocycles. The molecule has 0 spiro atoms. The van der Waals surface area contributed by atoms with Gasteiger partial charge in [-0.25, -0.2) is 9.59 Å². The van der Waals surface area contributed by atoms with Crippen molar-refractivity contribution in [3.8, 4) is 0 Å². The largest absolute Gasteiger partial charge is 0.480 e. The molecule has 98 valence electrons. The molecular formula is C12H21NO4. The van der Waals surface area contributed by atoms with Gasteiger partial charge in [0.1, 0.15) is 11.6 Å². The van der Waals surface area contributed by atoms with Crippen molar-refractivity contribution < 1.29 is 19.4 Å². The van der Waals surface area contributed by atoms with Gasteiger partial charge in [-0.15, -0.1) is 0 Å². The monoisotopic (exact) mass is 243 g/mol. The highest BCUT2D eigenvalue weighted by atomic mass is 16.6. The van der Waals surface area contributed by atoms with Gasteiger partial charge in [-0.2, -0.15) is 0 Å². The molecule has 5 nitrogen and oxygen atoms in total. The fraction of sp³-hybridized carbons (Fsp3) is 0.833. The number of nitrogens with zero attached hydrogens (tertiary/aromatic N) is 1. The first kappa shape index (κ1) is 13.8. The van der Waals surface area contributed by atoms with Crippen LogP contribution in [0.4, 0.5) is 4.79 Å². The Morgan fingerprint density at radius 2 is 1.88 bits per heavy atom. The first-order chi connectivity index (χ1) is 7.54. The number of aliphatic carboxylic acids is 1. The van der Waals surface area contributed by atoms with Gasteiger partial charge in [0.25, 0.3) is 0 Å². The van der Waals surface area contributed by atoms with E-state index in [1.54, 1.807) is 20.8 Å². The molecule has 1 fully saturated rings. The molecule has 1 N–H and O–H groups in total. The fourth-order valence-corrected chi connectivity index (χ4v) is 2.08. The zero-order chi connectivity index (χ0) is 13.4. The number of likely N-dealkylation sites (tertiary alicyclic amines) is 1. The van der Waals surface area contributed by atoms with Gasteiger partial charge in [-0.05, 0) is 32.6 Å². The first-order valence-electron chi connectivity index (χ1n) is 5.77. The van der Waals surface area contributed by atoms with Crippen molar-refractivity contribution >= 4 is 12.1 Å². The average molecular weight is 243 g/mol. The SMILES string of the molecule is CC(C)(C)OC(=O)N1CCC(C)(C)[C@@H]1C(=O)O. The molecular weight excluding hydrogens is 222 g/mol. The molecule has 0 unspecified atom stereocenters. The summed E-state index contributed by atoms with van der Waals surface area (Å²) in [4.78, 5) is 24.5. The van der Waals surface area contributed by atoms with E-state index in [0.717, 1.165) is 0 Å². The van der Waals surface area contributed by atoms with Gasteiger partial charge in [0.2, 0.25) is 0 Å². The van der Waals surface area contributed by atoms with Crippen LogP contribution in [0, 0.1) is 5.41 Å². The van der Waals surface area contributed by atoms with Crippen LogP contribution in [-0.4, -0.2) is 40.3 Å². The van der Waals surface area contributed by atoms with Crippen molar-refractivity contribution in [2.24, 2.45) is 5.41 Å². The lowest BCUT2D eigenvalue weighted by atomic mass is 9.85. The molecule has 1 saturated heterocycles. The molecule has 17 heavy (non-hydrogen) atoms. The Morgan fingerprint density at radius 1 is 1.35 bits per heavy atom. The van der Waals surface area contributed by atoms with E-state index in [-0.39, 0.29) is 0 Å². The van der Waals surface area contributed by atoms with E-state index in [1.165, 1.54) is 4.90 Å². The maximum absolute atomic E-state index is 11.9. The lowest BCUT2D eigenvalue weighted by Gasteiger charge is -2.30. The second-order valence-electron chi connectivity index (χ2n) is 6.15. The number of amides is 1. The summed E-state index contributed by atoms with van der Waals surface area (Å²) >= 11 is 0. The third-order valence-corrected chi connectivity index (χ3v) is 2.91. The molecule has 0 radical (unpaired) electrons. The summed E-state index contributed by atoms with van der Waals surface area (Å²) in [5, 5.41) is 9.22. The highest BCUT2D eigenvalue weighted by Gasteiger charge is 2.48. The van der Waals surface area contributed by atoms with Crippen LogP contribution in [0.1, 0.15) is 41.0 Å². The van der Waals surface area contributed by atoms with Gasteiger partial charge in [-0.1, -0.05) is 13.8 Å². The Hall–Kier alpha value is -1.26. The number of carboxylic acids is 1. The van der Waals surface area contributed by atoms with E-state index >= 15 is 0 Å². The Kier molecular flexibility index (Phi) is 3.41. The van der Waals surface area contributed by atoms with E-state index in [2.05, 4.69) is 0 Å². The minimum Gasteiger partial charge on any atom is -0.480 e. The number of hydrogen-bond acceptors (Lipinski definition) is 3. The highest BCUT2D eigenvalue weighted by Crippen LogP contribution is 2.36. The maximum Gasteiger partial charge on any atom is 0.411 e. The van der Waals surface area contributed by atoms with E-state index in [0.29, 0.717) is 13.0 Å². The van der Waals surface area contributed by atoms with E-state index < -0.39 is 29.1 Å². The third kappa shape index (κ3) is 3.11. The van der Waals surface area contributed by atoms with E-state index in [1.807, 2.05) is 13.8 Å². The number of rotatable bonds is 1. The summed E-state index contributed by atoms with van der Waals surface area (Å²) < 4.78 is 5.22. The van der Waals surface area contributed by atoms with E-state index in [4.69, 9.17) is 4.74 Å². The smallest absolute Gasteiger partial charge is 0.411 e. The van der Waals surface area contributed by atoms with Crippen LogP contribution in [0.25, 0.3) is 0 Å². The predicted molar refractivity (Wildman–Crippen MR) is 62.8 cm³/mol. The Bertz CT molecular complexity index is 330. The molecule has 1 aliphatic rings. The minimum absolute atomic E-state index is 0.414. The second kappa shape index (κ2) is 4.20. The molecule has 5 heteroatoms. The number of ether oxygens (including phenoxy) is 1. The standard InChI is InChI=1S/C12H21NO4/c1-11(2,3)17-10(16)13-7-6-12(4,5)8(13)9(14)15/h8H,6-7H2,1-5H3,(H,14,15)/t8-/m0/s1. The molecule has 0 aromatic carbocycles. The van der Waals surface area contributed by atoms with Crippen LogP contribution in [0.3, 0.4) is 0 Å². The third-order valence-electron chi connectivity index (χ3n) is 2.91. The van der Waals surface area contributed by atoms with Gasteiger partial charge >= 0.3 is 12.1 Å². The summed E-state index contributed by atoms with van der Waals surface area (Å²) in [6, 6.07) is -0.808. The molecule has 1 aliphatic heterocycles. The molecule has 1 heterocycles. The molecule has 1 rings (SSSR count). The Labute approximate surface area is 102 Å². The topological polar surface area (TPSA) is 66.8 Å². The Balaban J connectivity index is 2.85. The number of carbonyl (C=O) groups is 2. The second-order valence-corrected chi connectivity index (χ2v) is 6.15. The first-order valence-corrected chi connectivity index (χ1v) is 5.77. The molecule has 0 aromatic rings. The van der Waals surface area contributed by atoms with Crippen molar-refractivity contribution in [3.05, 3.63) is 0 Å². The quantitative estimate of drug-likeness (QED) is 0.766. The summed E-state index contributed by atoms with van der Waals surface area (Å²) in [7, 11) is 0. The van der Waals surface area contributed by atoms with Gasteiger partial charge in [0, 0.05) is 6.54 Å². The number of carboxylic acid groups (broad SMARTS) is 1. The van der Waals surface area contributed by atoms with Crippen molar-refractivity contribution in [1.29, 1.82) is 0 Å². The zero-order valence-corrected chi connectivity index (χ0v) is 11.1. The van der Waals surface area contributed by atoms with Crippen LogP contribution in [0.15, 0.2) is 0 Å². The lowest BCUT2D eigenvalue weighted by molar-refractivity contribution is -0.145. The van der Waals surface area contributed by atoms with Crippen molar-refractivity contribution in [2.45, 2.75) is 52.7 Å². The minimum atomic E-state index is -0.974. The van der Waals surface area contributed by atoms with Crippen LogP contribution < -0.4 is 0 Å². The Morgan fingerprint density at radius 3 is 2.29 bits per heavy atom. The zero-order valence-electron chi connectivity index (χ0n) is 11.1. The van der Waals surface area contributed by atoms with Gasteiger partial charge in [0.05, 0.1) is 0 Å². The maximum atomic E-state index is 11.9. The summed E-state index contributed by atoms with van der Waals surface area (Å²) in [5.41, 5.74) is -1.02. The van der Waals surface area contributed by atoms with Crippen LogP contribution in [0.2, 0.25) is 0 Å². The lowest BCUT2D eigenvalue weighted by Crippen LogP contribution is -2.47. The van der Waals surface area contributed by atoms with Crippen molar-refractivity contribution in [2.75, 3.05) is 6.54 Å². The van der Waals surface area contributed by atoms with Crippen LogP contribution >= 0.6 is 0 Å². The van der Waals surface area contributed by atoms with Gasteiger partial charge in [0.15, 0.2) is 0 Å². The van der Waals surface area contributed by atoms with Crippen LogP contribution in [0.5, 0.6) is 0 Å². The molecule has 0 bridgehead atoms. The highest BCUT2D eigenvalue weighted by molar-refractivity contribution is 5.81. The molecule has 0 aromatic heterocycles. The van der Waals surface area contributed by atoms with E-state index in [9.17, 15) is 14.7 Å². The number of carbonyl (C=O) groups excluding carboxylic acids is 1. The predicted octanol–water partition coefficient (Wildman–Crippen LogP) is 2.11. The fourth-order valence-electron chi connectivity index (χ4n) is 2.08. The van der Waals surface area contributed by atoms with Crippen molar-refractivity contribution in [3.63, 3.8) is 0 Å². The van der Waals surface area contributed by atoms with Crippen molar-refractivity contribution in [1.82, 2.24) is 4.90 Å². The van der Waals surface area contributed by atoms with Gasteiger partial charge < -0.3 is 9.84 Å². The summed E-state index contributed by atoms with van der Waals surface area (Å²) in [6.45, 7) is 9.44. The molecule has 1 amide bonds. The summed E-state index contributed by atoms with van der Waals surface area (Å²) in [5.74, 6) is -0.974. The van der Waals surface area contributed by atoms with Gasteiger partial charge in [-0.3, -0.25) is 4.90 Å². The summed E-state index contributed by atoms with van der Waals surface area (Å²) in [6.07, 6.45) is 0.124. The molecule has 0 saturated carbocycles. The molecule has 1 atom stereocenters.